The summed E-state index contributed by atoms with van der Waals surface area (Å²) in [5.41, 5.74) is 1.25. The molecule has 1 aliphatic rings. The molecule has 0 spiro atoms. The van der Waals surface area contributed by atoms with Gasteiger partial charge in [-0.2, -0.15) is 5.10 Å². The van der Waals surface area contributed by atoms with E-state index in [-0.39, 0.29) is 17.6 Å². The second-order valence-electron chi connectivity index (χ2n) is 5.98. The molecule has 0 bridgehead atoms. The number of hydrogen-bond acceptors (Lipinski definition) is 3. The van der Waals surface area contributed by atoms with Crippen molar-refractivity contribution < 1.29 is 5.11 Å². The molecular formula is C13H23N3O. The number of aromatic nitrogens is 2. The lowest BCUT2D eigenvalue weighted by Gasteiger charge is -2.31. The summed E-state index contributed by atoms with van der Waals surface area (Å²) in [6, 6.07) is 0.269. The molecule has 0 radical (unpaired) electrons. The molecule has 0 aromatic carbocycles. The lowest BCUT2D eigenvalue weighted by molar-refractivity contribution is 0.0209. The Hall–Kier alpha value is -0.870. The van der Waals surface area contributed by atoms with Crippen LogP contribution in [0.5, 0.6) is 0 Å². The monoisotopic (exact) mass is 237 g/mol. The van der Waals surface area contributed by atoms with Crippen LogP contribution in [0.1, 0.15) is 32.3 Å². The molecule has 17 heavy (non-hydrogen) atoms. The Labute approximate surface area is 103 Å². The predicted octanol–water partition coefficient (Wildman–Crippen LogP) is 1.40. The van der Waals surface area contributed by atoms with Crippen LogP contribution in [-0.4, -0.2) is 39.0 Å². The van der Waals surface area contributed by atoms with Gasteiger partial charge in [-0.05, 0) is 25.3 Å². The molecule has 1 heterocycles. The van der Waals surface area contributed by atoms with Crippen molar-refractivity contribution in [1.82, 2.24) is 14.7 Å². The second kappa shape index (κ2) is 4.42. The van der Waals surface area contributed by atoms with E-state index in [4.69, 9.17) is 0 Å². The Morgan fingerprint density at radius 3 is 2.76 bits per heavy atom. The van der Waals surface area contributed by atoms with Crippen molar-refractivity contribution in [1.29, 1.82) is 0 Å². The van der Waals surface area contributed by atoms with Gasteiger partial charge in [0.1, 0.15) is 0 Å². The van der Waals surface area contributed by atoms with Crippen molar-refractivity contribution in [3.8, 4) is 0 Å². The van der Waals surface area contributed by atoms with E-state index in [1.165, 1.54) is 5.56 Å². The van der Waals surface area contributed by atoms with E-state index in [9.17, 15) is 5.11 Å². The van der Waals surface area contributed by atoms with Crippen LogP contribution in [0, 0.1) is 5.41 Å². The fourth-order valence-electron chi connectivity index (χ4n) is 2.77. The highest BCUT2D eigenvalue weighted by Crippen LogP contribution is 2.39. The highest BCUT2D eigenvalue weighted by Gasteiger charge is 2.42. The summed E-state index contributed by atoms with van der Waals surface area (Å²) in [6.45, 7) is 5.15. The highest BCUT2D eigenvalue weighted by atomic mass is 16.3. The van der Waals surface area contributed by atoms with E-state index in [0.717, 1.165) is 19.4 Å². The SMILES string of the molecule is CN(Cc1cnn(C)c1)C1CCC(C)(C)C1O. The van der Waals surface area contributed by atoms with E-state index in [2.05, 4.69) is 30.9 Å². The van der Waals surface area contributed by atoms with Crippen molar-refractivity contribution in [2.24, 2.45) is 12.5 Å². The topological polar surface area (TPSA) is 41.3 Å². The van der Waals surface area contributed by atoms with Crippen molar-refractivity contribution in [2.75, 3.05) is 7.05 Å². The molecule has 1 aliphatic carbocycles. The van der Waals surface area contributed by atoms with Gasteiger partial charge in [0.15, 0.2) is 0 Å². The van der Waals surface area contributed by atoms with Gasteiger partial charge in [0.2, 0.25) is 0 Å². The summed E-state index contributed by atoms with van der Waals surface area (Å²) < 4.78 is 1.82. The van der Waals surface area contributed by atoms with Crippen LogP contribution in [-0.2, 0) is 13.6 Å². The van der Waals surface area contributed by atoms with Gasteiger partial charge in [-0.15, -0.1) is 0 Å². The lowest BCUT2D eigenvalue weighted by Crippen LogP contribution is -2.41. The summed E-state index contributed by atoms with van der Waals surface area (Å²) >= 11 is 0. The first kappa shape index (κ1) is 12.6. The standard InChI is InChI=1S/C13H23N3O/c1-13(2)6-5-11(12(13)17)15(3)8-10-7-14-16(4)9-10/h7,9,11-12,17H,5-6,8H2,1-4H3. The third-order valence-corrected chi connectivity index (χ3v) is 4.01. The predicted molar refractivity (Wildman–Crippen MR) is 67.5 cm³/mol. The minimum atomic E-state index is -0.232. The van der Waals surface area contributed by atoms with Crippen molar-refractivity contribution in [3.05, 3.63) is 18.0 Å². The van der Waals surface area contributed by atoms with Gasteiger partial charge in [0.05, 0.1) is 12.3 Å². The van der Waals surface area contributed by atoms with E-state index in [1.807, 2.05) is 24.1 Å². The zero-order valence-corrected chi connectivity index (χ0v) is 11.2. The largest absolute Gasteiger partial charge is 0.391 e. The number of aryl methyl sites for hydroxylation is 1. The summed E-state index contributed by atoms with van der Waals surface area (Å²) in [4.78, 5) is 2.25. The minimum Gasteiger partial charge on any atom is -0.391 e. The maximum Gasteiger partial charge on any atom is 0.0746 e. The molecule has 1 saturated carbocycles. The Bertz CT molecular complexity index is 386. The molecule has 4 heteroatoms. The molecule has 96 valence electrons. The quantitative estimate of drug-likeness (QED) is 0.864. The van der Waals surface area contributed by atoms with Gasteiger partial charge in [0.25, 0.3) is 0 Å². The smallest absolute Gasteiger partial charge is 0.0746 e. The molecule has 1 aromatic heterocycles. The molecule has 4 nitrogen and oxygen atoms in total. The fraction of sp³-hybridized carbons (Fsp3) is 0.769. The van der Waals surface area contributed by atoms with E-state index in [1.54, 1.807) is 0 Å². The first-order chi connectivity index (χ1) is 7.90. The van der Waals surface area contributed by atoms with Crippen LogP contribution in [0.2, 0.25) is 0 Å². The van der Waals surface area contributed by atoms with Crippen LogP contribution < -0.4 is 0 Å². The van der Waals surface area contributed by atoms with E-state index >= 15 is 0 Å². The molecule has 2 atom stereocenters. The van der Waals surface area contributed by atoms with Crippen LogP contribution in [0.15, 0.2) is 12.4 Å². The molecule has 1 fully saturated rings. The van der Waals surface area contributed by atoms with Crippen molar-refractivity contribution in [3.63, 3.8) is 0 Å². The lowest BCUT2D eigenvalue weighted by atomic mass is 9.88. The Balaban J connectivity index is 1.99. The first-order valence-electron chi connectivity index (χ1n) is 6.26. The summed E-state index contributed by atoms with van der Waals surface area (Å²) in [6.07, 6.45) is 5.86. The normalized spacial score (nSPS) is 27.9. The molecule has 1 N–H and O–H groups in total. The molecule has 2 rings (SSSR count). The number of likely N-dealkylation sites (N-methyl/N-ethyl adjacent to an activating group) is 1. The van der Waals surface area contributed by atoms with Crippen molar-refractivity contribution >= 4 is 0 Å². The maximum absolute atomic E-state index is 10.3. The maximum atomic E-state index is 10.3. The number of nitrogens with zero attached hydrogens (tertiary/aromatic N) is 3. The first-order valence-corrected chi connectivity index (χ1v) is 6.26. The summed E-state index contributed by atoms with van der Waals surface area (Å²) in [5.74, 6) is 0. The Morgan fingerprint density at radius 2 is 2.29 bits per heavy atom. The minimum absolute atomic E-state index is 0.0495. The molecule has 2 unspecified atom stereocenters. The third kappa shape index (κ3) is 2.53. The Morgan fingerprint density at radius 1 is 1.59 bits per heavy atom. The van der Waals surface area contributed by atoms with Gasteiger partial charge in [-0.1, -0.05) is 13.8 Å². The number of aliphatic hydroxyl groups excluding tert-OH is 1. The average molecular weight is 237 g/mol. The summed E-state index contributed by atoms with van der Waals surface area (Å²) in [7, 11) is 4.01. The van der Waals surface area contributed by atoms with Gasteiger partial charge in [0, 0.05) is 31.4 Å². The van der Waals surface area contributed by atoms with Gasteiger partial charge in [-0.25, -0.2) is 0 Å². The van der Waals surface area contributed by atoms with Gasteiger partial charge in [-0.3, -0.25) is 9.58 Å². The van der Waals surface area contributed by atoms with E-state index < -0.39 is 0 Å². The van der Waals surface area contributed by atoms with Crippen LogP contribution in [0.25, 0.3) is 0 Å². The number of rotatable bonds is 3. The molecule has 1 aromatic rings. The number of aliphatic hydroxyl groups is 1. The van der Waals surface area contributed by atoms with Gasteiger partial charge >= 0.3 is 0 Å². The Kier molecular flexibility index (Phi) is 3.27. The van der Waals surface area contributed by atoms with Crippen LogP contribution >= 0.6 is 0 Å². The van der Waals surface area contributed by atoms with Crippen LogP contribution in [0.3, 0.4) is 0 Å². The zero-order valence-electron chi connectivity index (χ0n) is 11.2. The van der Waals surface area contributed by atoms with Crippen LogP contribution in [0.4, 0.5) is 0 Å². The van der Waals surface area contributed by atoms with E-state index in [0.29, 0.717) is 0 Å². The average Bonchev–Trinajstić information content (AvgIpc) is 2.73. The second-order valence-corrected chi connectivity index (χ2v) is 5.98. The fourth-order valence-corrected chi connectivity index (χ4v) is 2.77. The molecular weight excluding hydrogens is 214 g/mol. The highest BCUT2D eigenvalue weighted by molar-refractivity contribution is 5.05. The van der Waals surface area contributed by atoms with Crippen molar-refractivity contribution in [2.45, 2.75) is 45.4 Å². The van der Waals surface area contributed by atoms with Gasteiger partial charge < -0.3 is 5.11 Å². The zero-order chi connectivity index (χ0) is 12.6. The number of hydrogen-bond donors (Lipinski definition) is 1. The molecule has 0 aliphatic heterocycles. The molecule has 0 amide bonds. The third-order valence-electron chi connectivity index (χ3n) is 4.01. The summed E-state index contributed by atoms with van der Waals surface area (Å²) in [5, 5.41) is 14.5. The molecule has 0 saturated heterocycles.